The van der Waals surface area contributed by atoms with E-state index in [0.29, 0.717) is 28.2 Å². The molecule has 3 aliphatic heterocycles. The van der Waals surface area contributed by atoms with Crippen LogP contribution in [-0.2, 0) is 13.2 Å². The Hall–Kier alpha value is -6.05. The standard InChI is InChI=1S/C43H44N8O4Si/c1-43(51-18-5-19-51)15-14-32-35(22-43)56(2,3)34-21-29(50-16-4-17-50)11-13-31(34)36(32)33-20-28(10-12-30(33)41(53)54)39(52)45-23-26-6-8-27(9-7-26)24-55-40-37-38(47-25-46-37)48-42(44)49-40/h6-15,20-22,25H,4-5,16-19,23-24H2,1-3H3,(H,45,52)(H,53,54)(H3,44,46,47,48,49). The summed E-state index contributed by atoms with van der Waals surface area (Å²) >= 11 is 0. The monoisotopic (exact) mass is 764 g/mol. The zero-order chi connectivity index (χ0) is 38.8. The van der Waals surface area contributed by atoms with Crippen molar-refractivity contribution >= 4 is 53.5 Å². The fraction of sp³-hybridized carbons (Fsp3) is 0.279. The van der Waals surface area contributed by atoms with Crippen molar-refractivity contribution in [3.8, 4) is 5.88 Å². The lowest BCUT2D eigenvalue weighted by molar-refractivity contribution is 0.0696. The van der Waals surface area contributed by atoms with E-state index in [1.807, 2.05) is 24.3 Å². The minimum absolute atomic E-state index is 0.0793. The second kappa shape index (κ2) is 13.6. The van der Waals surface area contributed by atoms with E-state index in [2.05, 4.69) is 91.5 Å². The number of ether oxygens (including phenoxy) is 1. The van der Waals surface area contributed by atoms with Gasteiger partial charge in [-0.05, 0) is 93.9 Å². The minimum Gasteiger partial charge on any atom is -0.478 e. The molecule has 0 saturated carbocycles. The van der Waals surface area contributed by atoms with Crippen molar-refractivity contribution in [3.63, 3.8) is 0 Å². The average Bonchev–Trinajstić information content (AvgIpc) is 3.61. The van der Waals surface area contributed by atoms with Crippen LogP contribution in [0.1, 0.15) is 62.7 Å². The number of carboxylic acids is 1. The number of benzene rings is 3. The highest BCUT2D eigenvalue weighted by atomic mass is 28.3. The van der Waals surface area contributed by atoms with Crippen LogP contribution in [0.4, 0.5) is 11.6 Å². The quantitative estimate of drug-likeness (QED) is 0.132. The Labute approximate surface area is 325 Å². The maximum atomic E-state index is 13.8. The molecule has 0 bridgehead atoms. The zero-order valence-electron chi connectivity index (χ0n) is 31.7. The van der Waals surface area contributed by atoms with Gasteiger partial charge < -0.3 is 30.8 Å². The van der Waals surface area contributed by atoms with Crippen LogP contribution >= 0.6 is 0 Å². The van der Waals surface area contributed by atoms with Gasteiger partial charge in [0.25, 0.3) is 5.91 Å². The number of carbonyl (C=O) groups is 2. The van der Waals surface area contributed by atoms with Crippen LogP contribution in [0.3, 0.4) is 0 Å². The molecular weight excluding hydrogens is 721 g/mol. The summed E-state index contributed by atoms with van der Waals surface area (Å²) in [4.78, 5) is 47.0. The number of allylic oxidation sites excluding steroid dienone is 3. The summed E-state index contributed by atoms with van der Waals surface area (Å²) in [6, 6.07) is 19.4. The molecule has 56 heavy (non-hydrogen) atoms. The highest BCUT2D eigenvalue weighted by molar-refractivity contribution is 6.97. The van der Waals surface area contributed by atoms with Crippen molar-refractivity contribution < 1.29 is 19.4 Å². The summed E-state index contributed by atoms with van der Waals surface area (Å²) in [5.74, 6) is -0.916. The number of fused-ring (bicyclic) bond motifs is 3. The average molecular weight is 765 g/mol. The number of nitrogen functional groups attached to an aromatic ring is 1. The molecule has 2 saturated heterocycles. The molecular formula is C43H44N8O4Si. The lowest BCUT2D eigenvalue weighted by Crippen LogP contribution is -2.55. The molecule has 13 heteroatoms. The Kier molecular flexibility index (Phi) is 8.66. The third kappa shape index (κ3) is 6.16. The van der Waals surface area contributed by atoms with Crippen LogP contribution in [0.5, 0.6) is 5.88 Å². The van der Waals surface area contributed by atoms with Crippen molar-refractivity contribution in [2.45, 2.75) is 51.5 Å². The molecule has 9 rings (SSSR count). The SMILES string of the molecule is CC1(N2CCC2)C=CC2=C(c3cc(C(=O)NCc4ccc(COc5nc(N)nc6nc[nH]c56)cc4)ccc3C(=O)O)c3ccc(N4CCC4)cc3[Si](C)(C)C2=C1. The van der Waals surface area contributed by atoms with Gasteiger partial charge in [-0.25, -0.2) is 9.78 Å². The second-order valence-corrected chi connectivity index (χ2v) is 20.1. The molecule has 5 N–H and O–H groups in total. The number of hydrogen-bond acceptors (Lipinski definition) is 9. The molecule has 5 heterocycles. The third-order valence-electron chi connectivity index (χ3n) is 11.9. The van der Waals surface area contributed by atoms with E-state index < -0.39 is 14.0 Å². The second-order valence-electron chi connectivity index (χ2n) is 15.8. The highest BCUT2D eigenvalue weighted by Gasteiger charge is 2.44. The first-order chi connectivity index (χ1) is 27.0. The summed E-state index contributed by atoms with van der Waals surface area (Å²) in [5, 5.41) is 16.2. The molecule has 284 valence electrons. The lowest BCUT2D eigenvalue weighted by Gasteiger charge is -2.48. The maximum absolute atomic E-state index is 13.8. The van der Waals surface area contributed by atoms with Gasteiger partial charge in [0.15, 0.2) is 5.65 Å². The number of nitrogens with two attached hydrogens (primary N) is 1. The van der Waals surface area contributed by atoms with E-state index >= 15 is 0 Å². The van der Waals surface area contributed by atoms with Crippen molar-refractivity contribution in [3.05, 3.63) is 129 Å². The Balaban J connectivity index is 1.01. The smallest absolute Gasteiger partial charge is 0.336 e. The summed E-state index contributed by atoms with van der Waals surface area (Å²) in [7, 11) is -2.26. The first-order valence-electron chi connectivity index (χ1n) is 19.1. The Morgan fingerprint density at radius 2 is 1.75 bits per heavy atom. The maximum Gasteiger partial charge on any atom is 0.336 e. The third-order valence-corrected chi connectivity index (χ3v) is 15.4. The normalized spacial score (nSPS) is 19.8. The molecule has 1 aliphatic carbocycles. The number of H-pyrrole nitrogens is 1. The summed E-state index contributed by atoms with van der Waals surface area (Å²) < 4.78 is 5.92. The van der Waals surface area contributed by atoms with Crippen LogP contribution < -0.4 is 25.9 Å². The van der Waals surface area contributed by atoms with Gasteiger partial charge >= 0.3 is 5.97 Å². The number of imidazole rings is 1. The number of rotatable bonds is 10. The molecule has 2 fully saturated rings. The predicted octanol–water partition coefficient (Wildman–Crippen LogP) is 5.58. The molecule has 0 spiro atoms. The Morgan fingerprint density at radius 3 is 2.46 bits per heavy atom. The predicted molar refractivity (Wildman–Crippen MR) is 220 cm³/mol. The largest absolute Gasteiger partial charge is 0.478 e. The number of amides is 1. The fourth-order valence-corrected chi connectivity index (χ4v) is 11.5. The Morgan fingerprint density at radius 1 is 0.982 bits per heavy atom. The van der Waals surface area contributed by atoms with Gasteiger partial charge in [0, 0.05) is 44.0 Å². The molecule has 2 aromatic heterocycles. The fourth-order valence-electron chi connectivity index (χ4n) is 8.30. The number of aromatic carboxylic acids is 1. The number of anilines is 2. The highest BCUT2D eigenvalue weighted by Crippen LogP contribution is 2.46. The number of aromatic nitrogens is 4. The van der Waals surface area contributed by atoms with E-state index in [1.54, 1.807) is 18.2 Å². The van der Waals surface area contributed by atoms with Crippen molar-refractivity contribution in [1.29, 1.82) is 0 Å². The molecule has 1 atom stereocenters. The Bertz CT molecular complexity index is 2510. The van der Waals surface area contributed by atoms with Gasteiger partial charge in [-0.3, -0.25) is 9.69 Å². The van der Waals surface area contributed by atoms with Crippen molar-refractivity contribution in [2.75, 3.05) is 36.8 Å². The van der Waals surface area contributed by atoms with Crippen LogP contribution in [-0.4, -0.2) is 81.6 Å². The van der Waals surface area contributed by atoms with Crippen LogP contribution in [0.2, 0.25) is 13.1 Å². The number of likely N-dealkylation sites (tertiary alicyclic amines) is 1. The first kappa shape index (κ1) is 35.6. The van der Waals surface area contributed by atoms with Gasteiger partial charge in [-0.1, -0.05) is 61.7 Å². The van der Waals surface area contributed by atoms with Gasteiger partial charge in [0.2, 0.25) is 11.8 Å². The summed E-state index contributed by atoms with van der Waals surface area (Å²) in [5.41, 5.74) is 13.7. The molecule has 3 aromatic carbocycles. The van der Waals surface area contributed by atoms with E-state index in [4.69, 9.17) is 10.5 Å². The van der Waals surface area contributed by atoms with Crippen LogP contribution in [0.25, 0.3) is 16.7 Å². The number of hydrogen-bond donors (Lipinski definition) is 4. The number of nitrogens with one attached hydrogen (secondary N) is 2. The first-order valence-corrected chi connectivity index (χ1v) is 22.1. The van der Waals surface area contributed by atoms with Gasteiger partial charge in [0.1, 0.15) is 20.2 Å². The summed E-state index contributed by atoms with van der Waals surface area (Å²) in [6.07, 6.45) is 10.8. The molecule has 4 aliphatic rings. The molecule has 1 unspecified atom stereocenters. The van der Waals surface area contributed by atoms with Crippen molar-refractivity contribution in [1.82, 2.24) is 30.2 Å². The zero-order valence-corrected chi connectivity index (χ0v) is 32.7. The van der Waals surface area contributed by atoms with E-state index in [9.17, 15) is 14.7 Å². The molecule has 5 aromatic rings. The lowest BCUT2D eigenvalue weighted by atomic mass is 9.83. The van der Waals surface area contributed by atoms with Gasteiger partial charge in [-0.2, -0.15) is 9.97 Å². The van der Waals surface area contributed by atoms with Gasteiger partial charge in [0.05, 0.1) is 17.4 Å². The molecule has 1 amide bonds. The number of aromatic amines is 1. The van der Waals surface area contributed by atoms with Crippen LogP contribution in [0, 0.1) is 0 Å². The van der Waals surface area contributed by atoms with E-state index in [1.165, 1.54) is 35.2 Å². The molecule has 0 radical (unpaired) electrons. The van der Waals surface area contributed by atoms with Crippen molar-refractivity contribution in [2.24, 2.45) is 0 Å². The minimum atomic E-state index is -2.26. The summed E-state index contributed by atoms with van der Waals surface area (Å²) in [6.45, 7) is 11.9. The number of nitrogens with zero attached hydrogens (tertiary/aromatic N) is 5. The number of carbonyl (C=O) groups excluding carboxylic acids is 1. The van der Waals surface area contributed by atoms with Crippen LogP contribution in [0.15, 0.2) is 96.0 Å². The van der Waals surface area contributed by atoms with E-state index in [-0.39, 0.29) is 36.1 Å². The van der Waals surface area contributed by atoms with E-state index in [0.717, 1.165) is 54.0 Å². The topological polar surface area (TPSA) is 163 Å². The molecule has 12 nitrogen and oxygen atoms in total. The van der Waals surface area contributed by atoms with Gasteiger partial charge in [-0.15, -0.1) is 0 Å². The number of carboxylic acid groups (broad SMARTS) is 1.